The number of aliphatic hydroxyl groups is 1. The number of fused-ring (bicyclic) bond motifs is 5. The molecule has 0 amide bonds. The summed E-state index contributed by atoms with van der Waals surface area (Å²) < 4.78 is 0. The van der Waals surface area contributed by atoms with Crippen molar-refractivity contribution >= 4 is 11.9 Å². The van der Waals surface area contributed by atoms with E-state index in [0.717, 1.165) is 36.5 Å². The van der Waals surface area contributed by atoms with Crippen molar-refractivity contribution < 1.29 is 5.11 Å². The second-order valence-corrected chi connectivity index (χ2v) is 13.4. The van der Waals surface area contributed by atoms with E-state index >= 15 is 0 Å². The van der Waals surface area contributed by atoms with Gasteiger partial charge in [-0.1, -0.05) is 65.5 Å². The highest BCUT2D eigenvalue weighted by atomic mass is 16.3. The van der Waals surface area contributed by atoms with Crippen LogP contribution in [0.1, 0.15) is 98.8 Å². The molecule has 0 heterocycles. The van der Waals surface area contributed by atoms with Gasteiger partial charge in [-0.15, -0.1) is 0 Å². The molecule has 7 N–H and O–H groups in total. The Bertz CT molecular complexity index is 839. The summed E-state index contributed by atoms with van der Waals surface area (Å²) in [6.07, 6.45) is 14.0. The Morgan fingerprint density at radius 3 is 2.57 bits per heavy atom. The fourth-order valence-electron chi connectivity index (χ4n) is 9.32. The van der Waals surface area contributed by atoms with Crippen LogP contribution < -0.4 is 16.4 Å². The molecule has 6 nitrogen and oxygen atoms in total. The molecule has 4 aliphatic carbocycles. The van der Waals surface area contributed by atoms with Gasteiger partial charge in [0.05, 0.1) is 6.10 Å². The summed E-state index contributed by atoms with van der Waals surface area (Å²) in [4.78, 5) is 0. The van der Waals surface area contributed by atoms with E-state index in [9.17, 15) is 5.11 Å². The van der Waals surface area contributed by atoms with Gasteiger partial charge in [-0.05, 0) is 85.9 Å². The maximum Gasteiger partial charge on any atom is 0.195 e. The molecule has 1 unspecified atom stereocenters. The SMILES string of the molecule is CC(C)CCC[C@@H](C)[C@H]1CC[C@H]2[C@@H]3CC=C4C[C@@H](O)CC(NC(=N)NC(=N)N)[C@]4(C)[C@H]3CC[C@]12C. The molecule has 0 aliphatic heterocycles. The summed E-state index contributed by atoms with van der Waals surface area (Å²) in [5.74, 6) is 4.32. The molecule has 0 saturated heterocycles. The highest BCUT2D eigenvalue weighted by Crippen LogP contribution is 2.67. The molecular formula is C29H51N5O. The van der Waals surface area contributed by atoms with E-state index in [-0.39, 0.29) is 29.5 Å². The van der Waals surface area contributed by atoms with E-state index in [2.05, 4.69) is 51.3 Å². The van der Waals surface area contributed by atoms with E-state index in [1.807, 2.05) is 0 Å². The van der Waals surface area contributed by atoms with Gasteiger partial charge < -0.3 is 16.2 Å². The smallest absolute Gasteiger partial charge is 0.195 e. The van der Waals surface area contributed by atoms with Crippen molar-refractivity contribution in [2.75, 3.05) is 0 Å². The van der Waals surface area contributed by atoms with Crippen molar-refractivity contribution in [3.8, 4) is 0 Å². The van der Waals surface area contributed by atoms with Crippen LogP contribution in [0.3, 0.4) is 0 Å². The largest absolute Gasteiger partial charge is 0.393 e. The lowest BCUT2D eigenvalue weighted by Crippen LogP contribution is -2.62. The molecule has 198 valence electrons. The zero-order chi connectivity index (χ0) is 25.5. The van der Waals surface area contributed by atoms with Gasteiger partial charge in [0.1, 0.15) is 0 Å². The van der Waals surface area contributed by atoms with Crippen LogP contribution in [-0.2, 0) is 0 Å². The van der Waals surface area contributed by atoms with Crippen LogP contribution in [0.25, 0.3) is 0 Å². The summed E-state index contributed by atoms with van der Waals surface area (Å²) in [7, 11) is 0. The van der Waals surface area contributed by atoms with Crippen molar-refractivity contribution in [3.05, 3.63) is 11.6 Å². The van der Waals surface area contributed by atoms with Crippen LogP contribution >= 0.6 is 0 Å². The summed E-state index contributed by atoms with van der Waals surface area (Å²) in [6, 6.07) is -0.0267. The molecule has 0 spiro atoms. The Hall–Kier alpha value is -1.56. The lowest BCUT2D eigenvalue weighted by molar-refractivity contribution is -0.0665. The van der Waals surface area contributed by atoms with E-state index in [1.165, 1.54) is 50.5 Å². The van der Waals surface area contributed by atoms with Crippen LogP contribution in [0.2, 0.25) is 0 Å². The first-order chi connectivity index (χ1) is 16.5. The first-order valence-corrected chi connectivity index (χ1v) is 14.3. The maximum absolute atomic E-state index is 10.7. The van der Waals surface area contributed by atoms with Crippen molar-refractivity contribution in [2.45, 2.75) is 111 Å². The standard InChI is InChI=1S/C29H51N5O/c1-17(2)7-6-8-18(3)22-11-12-23-21-10-9-19-15-20(35)16-25(33-27(32)34-26(30)31)29(19,5)24(21)13-14-28(22,23)4/h9,17-18,20-25,35H,6-8,10-16H2,1-5H3,(H6,30,31,32,33,34)/t18-,20-,21+,22-,23+,24+,25?,28-,29+/m1/s1. The van der Waals surface area contributed by atoms with Crippen LogP contribution in [0, 0.1) is 57.2 Å². The fraction of sp³-hybridized carbons (Fsp3) is 0.862. The molecule has 35 heavy (non-hydrogen) atoms. The number of nitrogens with two attached hydrogens (primary N) is 1. The highest BCUT2D eigenvalue weighted by Gasteiger charge is 2.61. The molecule has 3 saturated carbocycles. The number of hydrogen-bond acceptors (Lipinski definition) is 3. The number of nitrogens with one attached hydrogen (secondary N) is 4. The third kappa shape index (κ3) is 4.89. The second-order valence-electron chi connectivity index (χ2n) is 13.4. The van der Waals surface area contributed by atoms with Gasteiger partial charge in [0, 0.05) is 11.5 Å². The lowest BCUT2D eigenvalue weighted by atomic mass is 9.46. The molecule has 0 radical (unpaired) electrons. The van der Waals surface area contributed by atoms with Gasteiger partial charge in [0.2, 0.25) is 0 Å². The summed E-state index contributed by atoms with van der Waals surface area (Å²) in [5, 5.41) is 32.4. The molecular weight excluding hydrogens is 434 g/mol. The molecule has 4 aliphatic rings. The van der Waals surface area contributed by atoms with E-state index in [1.54, 1.807) is 0 Å². The quantitative estimate of drug-likeness (QED) is 0.172. The monoisotopic (exact) mass is 485 g/mol. The Morgan fingerprint density at radius 2 is 1.89 bits per heavy atom. The van der Waals surface area contributed by atoms with E-state index in [4.69, 9.17) is 16.6 Å². The third-order valence-electron chi connectivity index (χ3n) is 11.0. The molecule has 6 heteroatoms. The fourth-order valence-corrected chi connectivity index (χ4v) is 9.32. The number of aliphatic hydroxyl groups excluding tert-OH is 1. The highest BCUT2D eigenvalue weighted by molar-refractivity contribution is 5.95. The number of rotatable bonds is 6. The van der Waals surface area contributed by atoms with Gasteiger partial charge in [-0.25, -0.2) is 0 Å². The first kappa shape index (κ1) is 26.5. The molecule has 4 rings (SSSR count). The molecule has 9 atom stereocenters. The van der Waals surface area contributed by atoms with Gasteiger partial charge in [0.25, 0.3) is 0 Å². The minimum atomic E-state index is -0.384. The van der Waals surface area contributed by atoms with Crippen molar-refractivity contribution in [1.82, 2.24) is 10.6 Å². The summed E-state index contributed by atoms with van der Waals surface area (Å²) in [6.45, 7) is 12.2. The predicted molar refractivity (Wildman–Crippen MR) is 144 cm³/mol. The maximum atomic E-state index is 10.7. The Balaban J connectivity index is 1.54. The first-order valence-electron chi connectivity index (χ1n) is 14.3. The zero-order valence-corrected chi connectivity index (χ0v) is 22.8. The number of allylic oxidation sites excluding steroid dienone is 1. The van der Waals surface area contributed by atoms with E-state index in [0.29, 0.717) is 23.7 Å². The summed E-state index contributed by atoms with van der Waals surface area (Å²) in [5.41, 5.74) is 7.23. The normalized spacial score (nSPS) is 41.3. The van der Waals surface area contributed by atoms with E-state index < -0.39 is 0 Å². The number of guanidine groups is 2. The molecule has 0 aromatic carbocycles. The molecule has 0 aromatic rings. The minimum absolute atomic E-state index is 0.0267. The topological polar surface area (TPSA) is 118 Å². The van der Waals surface area contributed by atoms with Crippen molar-refractivity contribution in [3.63, 3.8) is 0 Å². The Labute approximate surface area is 213 Å². The Kier molecular flexibility index (Phi) is 7.62. The zero-order valence-electron chi connectivity index (χ0n) is 22.8. The van der Waals surface area contributed by atoms with Gasteiger partial charge in [-0.3, -0.25) is 16.1 Å². The van der Waals surface area contributed by atoms with Gasteiger partial charge >= 0.3 is 0 Å². The summed E-state index contributed by atoms with van der Waals surface area (Å²) >= 11 is 0. The molecule has 0 aromatic heterocycles. The average Bonchev–Trinajstić information content (AvgIpc) is 3.11. The van der Waals surface area contributed by atoms with Crippen LogP contribution in [0.15, 0.2) is 11.6 Å². The van der Waals surface area contributed by atoms with Crippen LogP contribution in [0.5, 0.6) is 0 Å². The van der Waals surface area contributed by atoms with Gasteiger partial charge in [0.15, 0.2) is 11.9 Å². The lowest BCUT2D eigenvalue weighted by Gasteiger charge is -2.60. The van der Waals surface area contributed by atoms with Crippen molar-refractivity contribution in [2.24, 2.45) is 52.1 Å². The Morgan fingerprint density at radius 1 is 1.14 bits per heavy atom. The average molecular weight is 486 g/mol. The molecule has 0 bridgehead atoms. The molecule has 3 fully saturated rings. The minimum Gasteiger partial charge on any atom is -0.393 e. The third-order valence-corrected chi connectivity index (χ3v) is 11.0. The number of hydrogen-bond donors (Lipinski definition) is 6. The van der Waals surface area contributed by atoms with Crippen molar-refractivity contribution in [1.29, 1.82) is 10.8 Å². The van der Waals surface area contributed by atoms with Gasteiger partial charge in [-0.2, -0.15) is 0 Å². The predicted octanol–water partition coefficient (Wildman–Crippen LogP) is 5.37. The second kappa shape index (κ2) is 10.1. The van der Waals surface area contributed by atoms with Crippen LogP contribution in [0.4, 0.5) is 0 Å². The van der Waals surface area contributed by atoms with Crippen LogP contribution in [-0.4, -0.2) is 29.2 Å².